The number of aromatic nitrogens is 2. The van der Waals surface area contributed by atoms with Crippen molar-refractivity contribution in [1.29, 1.82) is 0 Å². The van der Waals surface area contributed by atoms with Crippen LogP contribution in [0.1, 0.15) is 12.5 Å². The molecular weight excluding hydrogens is 319 g/mol. The van der Waals surface area contributed by atoms with Gasteiger partial charge in [-0.3, -0.25) is 0 Å². The molecule has 3 aromatic rings. The molecule has 0 atom stereocenters. The quantitative estimate of drug-likeness (QED) is 0.750. The standard InChI is InChI=1S/C17H16F3N3O/c1-2-21-16-22-14-8-3-4-9-15(14)23(16)11-12-6-5-7-13(10-12)24-17(18,19)20/h3-10H,2,11H2,1H3,(H,21,22). The molecule has 1 N–H and O–H groups in total. The van der Waals surface area contributed by atoms with Gasteiger partial charge in [0, 0.05) is 6.54 Å². The van der Waals surface area contributed by atoms with Gasteiger partial charge in [-0.15, -0.1) is 13.2 Å². The smallest absolute Gasteiger partial charge is 0.406 e. The summed E-state index contributed by atoms with van der Waals surface area (Å²) < 4.78 is 43.0. The zero-order valence-electron chi connectivity index (χ0n) is 13.0. The fourth-order valence-electron chi connectivity index (χ4n) is 2.55. The van der Waals surface area contributed by atoms with Gasteiger partial charge in [-0.2, -0.15) is 0 Å². The number of halogens is 3. The molecule has 1 aromatic heterocycles. The topological polar surface area (TPSA) is 39.1 Å². The maximum Gasteiger partial charge on any atom is 0.573 e. The Morgan fingerprint density at radius 3 is 2.67 bits per heavy atom. The van der Waals surface area contributed by atoms with Gasteiger partial charge in [0.25, 0.3) is 0 Å². The summed E-state index contributed by atoms with van der Waals surface area (Å²) in [6, 6.07) is 13.6. The van der Waals surface area contributed by atoms with Crippen molar-refractivity contribution >= 4 is 17.0 Å². The number of ether oxygens (including phenoxy) is 1. The van der Waals surface area contributed by atoms with Gasteiger partial charge in [-0.25, -0.2) is 4.98 Å². The van der Waals surface area contributed by atoms with E-state index in [9.17, 15) is 13.2 Å². The SMILES string of the molecule is CCNc1nc2ccccc2n1Cc1cccc(OC(F)(F)F)c1. The number of benzene rings is 2. The second kappa shape index (κ2) is 6.43. The Morgan fingerprint density at radius 2 is 1.92 bits per heavy atom. The lowest BCUT2D eigenvalue weighted by Gasteiger charge is -2.12. The van der Waals surface area contributed by atoms with Gasteiger partial charge in [0.05, 0.1) is 17.6 Å². The van der Waals surface area contributed by atoms with Crippen LogP contribution in [0.4, 0.5) is 19.1 Å². The highest BCUT2D eigenvalue weighted by Crippen LogP contribution is 2.25. The summed E-state index contributed by atoms with van der Waals surface area (Å²) in [5, 5.41) is 3.18. The van der Waals surface area contributed by atoms with Crippen LogP contribution in [0.25, 0.3) is 11.0 Å². The van der Waals surface area contributed by atoms with E-state index in [1.807, 2.05) is 35.8 Å². The first-order valence-electron chi connectivity index (χ1n) is 7.50. The minimum absolute atomic E-state index is 0.227. The fraction of sp³-hybridized carbons (Fsp3) is 0.235. The monoisotopic (exact) mass is 335 g/mol. The van der Waals surface area contributed by atoms with Crippen molar-refractivity contribution < 1.29 is 17.9 Å². The molecule has 0 aliphatic rings. The number of hydrogen-bond acceptors (Lipinski definition) is 3. The van der Waals surface area contributed by atoms with Crippen molar-refractivity contribution in [3.05, 3.63) is 54.1 Å². The fourth-order valence-corrected chi connectivity index (χ4v) is 2.55. The predicted octanol–water partition coefficient (Wildman–Crippen LogP) is 4.42. The summed E-state index contributed by atoms with van der Waals surface area (Å²) in [7, 11) is 0. The Labute approximate surface area is 136 Å². The Hall–Kier alpha value is -2.70. The third-order valence-electron chi connectivity index (χ3n) is 3.46. The molecule has 126 valence electrons. The summed E-state index contributed by atoms with van der Waals surface area (Å²) in [6.45, 7) is 3.04. The number of para-hydroxylation sites is 2. The molecule has 24 heavy (non-hydrogen) atoms. The summed E-state index contributed by atoms with van der Waals surface area (Å²) in [5.74, 6) is 0.454. The number of hydrogen-bond donors (Lipinski definition) is 1. The molecule has 0 saturated carbocycles. The molecule has 0 bridgehead atoms. The van der Waals surface area contributed by atoms with Crippen LogP contribution in [0.15, 0.2) is 48.5 Å². The van der Waals surface area contributed by atoms with Gasteiger partial charge in [0.2, 0.25) is 5.95 Å². The summed E-state index contributed by atoms with van der Waals surface area (Å²) in [6.07, 6.45) is -4.70. The third-order valence-corrected chi connectivity index (χ3v) is 3.46. The second-order valence-corrected chi connectivity index (χ2v) is 5.24. The number of fused-ring (bicyclic) bond motifs is 1. The van der Waals surface area contributed by atoms with Crippen molar-refractivity contribution in [2.45, 2.75) is 19.8 Å². The molecule has 0 fully saturated rings. The van der Waals surface area contributed by atoms with E-state index in [1.165, 1.54) is 12.1 Å². The Bertz CT molecular complexity index is 842. The summed E-state index contributed by atoms with van der Waals surface area (Å²) >= 11 is 0. The lowest BCUT2D eigenvalue weighted by Crippen LogP contribution is -2.17. The van der Waals surface area contributed by atoms with E-state index in [2.05, 4.69) is 15.0 Å². The normalized spacial score (nSPS) is 11.7. The Balaban J connectivity index is 1.95. The average Bonchev–Trinajstić information content (AvgIpc) is 2.84. The number of anilines is 1. The molecule has 3 rings (SSSR count). The summed E-state index contributed by atoms with van der Waals surface area (Å²) in [4.78, 5) is 4.52. The molecule has 0 amide bonds. The van der Waals surface area contributed by atoms with Crippen molar-refractivity contribution in [1.82, 2.24) is 9.55 Å². The van der Waals surface area contributed by atoms with Crippen molar-refractivity contribution in [2.24, 2.45) is 0 Å². The zero-order valence-corrected chi connectivity index (χ0v) is 13.0. The second-order valence-electron chi connectivity index (χ2n) is 5.24. The first-order chi connectivity index (χ1) is 11.5. The largest absolute Gasteiger partial charge is 0.573 e. The van der Waals surface area contributed by atoms with Crippen molar-refractivity contribution in [3.8, 4) is 5.75 Å². The number of imidazole rings is 1. The van der Waals surface area contributed by atoms with Crippen LogP contribution in [0.5, 0.6) is 5.75 Å². The van der Waals surface area contributed by atoms with Gasteiger partial charge in [-0.1, -0.05) is 24.3 Å². The average molecular weight is 335 g/mol. The Kier molecular flexibility index (Phi) is 4.33. The van der Waals surface area contributed by atoms with Gasteiger partial charge in [0.15, 0.2) is 0 Å². The molecule has 4 nitrogen and oxygen atoms in total. The van der Waals surface area contributed by atoms with Crippen LogP contribution in [-0.2, 0) is 6.54 Å². The molecule has 7 heteroatoms. The number of nitrogens with zero attached hydrogens (tertiary/aromatic N) is 2. The number of nitrogens with one attached hydrogen (secondary N) is 1. The van der Waals surface area contributed by atoms with Crippen LogP contribution in [0, 0.1) is 0 Å². The van der Waals surface area contributed by atoms with Crippen molar-refractivity contribution in [3.63, 3.8) is 0 Å². The highest BCUT2D eigenvalue weighted by Gasteiger charge is 2.31. The predicted molar refractivity (Wildman–Crippen MR) is 86.1 cm³/mol. The highest BCUT2D eigenvalue weighted by molar-refractivity contribution is 5.78. The molecule has 0 unspecified atom stereocenters. The van der Waals surface area contributed by atoms with Gasteiger partial charge in [0.1, 0.15) is 5.75 Å². The maximum atomic E-state index is 12.4. The maximum absolute atomic E-state index is 12.4. The van der Waals surface area contributed by atoms with Gasteiger partial charge < -0.3 is 14.6 Å². The molecule has 0 radical (unpaired) electrons. The van der Waals surface area contributed by atoms with E-state index >= 15 is 0 Å². The van der Waals surface area contributed by atoms with E-state index in [0.29, 0.717) is 24.6 Å². The molecule has 0 aliphatic heterocycles. The minimum Gasteiger partial charge on any atom is -0.406 e. The van der Waals surface area contributed by atoms with Crippen LogP contribution >= 0.6 is 0 Å². The highest BCUT2D eigenvalue weighted by atomic mass is 19.4. The van der Waals surface area contributed by atoms with E-state index in [1.54, 1.807) is 12.1 Å². The molecule has 1 heterocycles. The lowest BCUT2D eigenvalue weighted by molar-refractivity contribution is -0.274. The molecule has 0 spiro atoms. The molecular formula is C17H16F3N3O. The van der Waals surface area contributed by atoms with Crippen LogP contribution < -0.4 is 10.1 Å². The third kappa shape index (κ3) is 3.61. The van der Waals surface area contributed by atoms with E-state index in [-0.39, 0.29) is 5.75 Å². The van der Waals surface area contributed by atoms with Crippen molar-refractivity contribution in [2.75, 3.05) is 11.9 Å². The van der Waals surface area contributed by atoms with Crippen LogP contribution in [0.2, 0.25) is 0 Å². The zero-order chi connectivity index (χ0) is 17.2. The first-order valence-corrected chi connectivity index (χ1v) is 7.50. The van der Waals surface area contributed by atoms with E-state index in [0.717, 1.165) is 11.0 Å². The summed E-state index contributed by atoms with van der Waals surface area (Å²) in [5.41, 5.74) is 2.44. The number of alkyl halides is 3. The van der Waals surface area contributed by atoms with E-state index in [4.69, 9.17) is 0 Å². The lowest BCUT2D eigenvalue weighted by atomic mass is 10.2. The van der Waals surface area contributed by atoms with Gasteiger partial charge in [-0.05, 0) is 36.8 Å². The molecule has 2 aromatic carbocycles. The van der Waals surface area contributed by atoms with Crippen LogP contribution in [-0.4, -0.2) is 22.5 Å². The van der Waals surface area contributed by atoms with E-state index < -0.39 is 6.36 Å². The number of rotatable bonds is 5. The first kappa shape index (κ1) is 16.2. The molecule has 0 aliphatic carbocycles. The minimum atomic E-state index is -4.70. The molecule has 0 saturated heterocycles. The van der Waals surface area contributed by atoms with Crippen LogP contribution in [0.3, 0.4) is 0 Å². The van der Waals surface area contributed by atoms with Gasteiger partial charge >= 0.3 is 6.36 Å². The Morgan fingerprint density at radius 1 is 1.12 bits per heavy atom.